The molecule has 8 rings (SSSR count). The van der Waals surface area contributed by atoms with Gasteiger partial charge in [0.05, 0.1) is 11.1 Å². The molecule has 0 spiro atoms. The van der Waals surface area contributed by atoms with E-state index >= 15 is 0 Å². The van der Waals surface area contributed by atoms with E-state index in [2.05, 4.69) is 0 Å². The molecule has 1 aromatic heterocycles. The zero-order chi connectivity index (χ0) is 41.5. The fraction of sp³-hybridized carbons (Fsp3) is 0.186. The number of rotatable bonds is 6. The summed E-state index contributed by atoms with van der Waals surface area (Å²) in [6.07, 6.45) is -1.84. The van der Waals surface area contributed by atoms with Gasteiger partial charge < -0.3 is 59.1 Å². The van der Waals surface area contributed by atoms with Crippen LogP contribution in [0.1, 0.15) is 57.4 Å². The molecule has 5 aromatic carbocycles. The average molecular weight is 793 g/mol. The van der Waals surface area contributed by atoms with Crippen LogP contribution in [0.5, 0.6) is 51.7 Å². The molecule has 0 radical (unpaired) electrons. The highest BCUT2D eigenvalue weighted by atomic mass is 16.6. The predicted molar refractivity (Wildman–Crippen MR) is 204 cm³/mol. The highest BCUT2D eigenvalue weighted by Crippen LogP contribution is 2.45. The maximum atomic E-state index is 12.7. The first-order chi connectivity index (χ1) is 27.6. The zero-order valence-corrected chi connectivity index (χ0v) is 30.8. The summed E-state index contributed by atoms with van der Waals surface area (Å²) in [4.78, 5) is 36.5. The number of carbonyl (C=O) groups excluding carboxylic acids is 2. The summed E-state index contributed by atoms with van der Waals surface area (Å²) in [5.74, 6) is -4.16. The van der Waals surface area contributed by atoms with E-state index in [1.165, 1.54) is 30.3 Å². The summed E-state index contributed by atoms with van der Waals surface area (Å²) in [6, 6.07) is 23.7. The lowest BCUT2D eigenvalue weighted by atomic mass is 9.93. The molecule has 2 aliphatic heterocycles. The number of fused-ring (bicyclic) bond motifs is 3. The lowest BCUT2D eigenvalue weighted by Gasteiger charge is -2.34. The van der Waals surface area contributed by atoms with E-state index < -0.39 is 52.4 Å². The van der Waals surface area contributed by atoms with Crippen molar-refractivity contribution >= 4 is 22.9 Å². The van der Waals surface area contributed by atoms with E-state index in [0.29, 0.717) is 28.9 Å². The van der Waals surface area contributed by atoms with Gasteiger partial charge in [0.15, 0.2) is 34.9 Å². The van der Waals surface area contributed by atoms with Gasteiger partial charge in [-0.3, -0.25) is 0 Å². The minimum Gasteiger partial charge on any atom is -0.508 e. The Morgan fingerprint density at radius 3 is 2.10 bits per heavy atom. The Balaban J connectivity index is 0.000000180. The van der Waals surface area contributed by atoms with E-state index in [4.69, 9.17) is 23.4 Å². The molecular weight excluding hydrogens is 756 g/mol. The first kappa shape index (κ1) is 38.7. The summed E-state index contributed by atoms with van der Waals surface area (Å²) >= 11 is 0. The summed E-state index contributed by atoms with van der Waals surface area (Å²) in [5.41, 5.74) is 1.09. The van der Waals surface area contributed by atoms with Crippen LogP contribution in [0.2, 0.25) is 0 Å². The molecule has 15 heteroatoms. The summed E-state index contributed by atoms with van der Waals surface area (Å²) in [5, 5.41) is 69.1. The molecule has 2 aliphatic rings. The number of hydrogen-bond acceptors (Lipinski definition) is 15. The second kappa shape index (κ2) is 15.2. The van der Waals surface area contributed by atoms with Crippen molar-refractivity contribution in [2.24, 2.45) is 0 Å². The van der Waals surface area contributed by atoms with Gasteiger partial charge in [0.25, 0.3) is 0 Å². The van der Waals surface area contributed by atoms with Crippen LogP contribution in [0.15, 0.2) is 106 Å². The van der Waals surface area contributed by atoms with Crippen LogP contribution < -0.4 is 15.1 Å². The summed E-state index contributed by atoms with van der Waals surface area (Å²) in [6.45, 7) is 3.68. The molecule has 6 aromatic rings. The number of aromatic hydroxyl groups is 7. The molecule has 0 bridgehead atoms. The molecule has 7 N–H and O–H groups in total. The lowest BCUT2D eigenvalue weighted by Crippen LogP contribution is -2.43. The predicted octanol–water partition coefficient (Wildman–Crippen LogP) is 6.26. The Hall–Kier alpha value is -7.55. The van der Waals surface area contributed by atoms with E-state index in [9.17, 15) is 50.1 Å². The molecule has 3 heterocycles. The first-order valence-corrected chi connectivity index (χ1v) is 17.8. The zero-order valence-electron chi connectivity index (χ0n) is 30.8. The van der Waals surface area contributed by atoms with Gasteiger partial charge in [0, 0.05) is 53.6 Å². The number of hydrogen-bond donors (Lipinski definition) is 7. The number of phenols is 7. The second-order valence-electron chi connectivity index (χ2n) is 14.2. The van der Waals surface area contributed by atoms with Crippen molar-refractivity contribution < 1.29 is 68.7 Å². The van der Waals surface area contributed by atoms with Gasteiger partial charge >= 0.3 is 17.6 Å². The highest BCUT2D eigenvalue weighted by Gasteiger charge is 2.40. The van der Waals surface area contributed by atoms with E-state index in [-0.39, 0.29) is 52.6 Å². The maximum Gasteiger partial charge on any atom is 0.338 e. The van der Waals surface area contributed by atoms with Gasteiger partial charge in [0.2, 0.25) is 0 Å². The summed E-state index contributed by atoms with van der Waals surface area (Å²) < 4.78 is 28.3. The minimum absolute atomic E-state index is 0.0461. The van der Waals surface area contributed by atoms with Crippen molar-refractivity contribution in [1.82, 2.24) is 0 Å². The van der Waals surface area contributed by atoms with Crippen LogP contribution in [0.25, 0.3) is 11.0 Å². The third kappa shape index (κ3) is 7.91. The maximum absolute atomic E-state index is 12.7. The van der Waals surface area contributed by atoms with Crippen LogP contribution in [0.3, 0.4) is 0 Å². The van der Waals surface area contributed by atoms with Gasteiger partial charge in [-0.05, 0) is 67.9 Å². The molecule has 298 valence electrons. The van der Waals surface area contributed by atoms with E-state index in [1.54, 1.807) is 36.4 Å². The molecule has 0 saturated carbocycles. The molecule has 3 atom stereocenters. The van der Waals surface area contributed by atoms with Gasteiger partial charge in [-0.15, -0.1) is 0 Å². The van der Waals surface area contributed by atoms with Crippen molar-refractivity contribution in [2.75, 3.05) is 0 Å². The smallest absolute Gasteiger partial charge is 0.338 e. The molecule has 0 fully saturated rings. The summed E-state index contributed by atoms with van der Waals surface area (Å²) in [7, 11) is 0. The van der Waals surface area contributed by atoms with Crippen molar-refractivity contribution in [2.45, 2.75) is 50.6 Å². The Kier molecular flexibility index (Phi) is 10.1. The normalized spacial score (nSPS) is 16.8. The largest absolute Gasteiger partial charge is 0.508 e. The van der Waals surface area contributed by atoms with Gasteiger partial charge in [-0.25, -0.2) is 14.4 Å². The van der Waals surface area contributed by atoms with Gasteiger partial charge in [-0.2, -0.15) is 0 Å². The van der Waals surface area contributed by atoms with Crippen molar-refractivity contribution in [3.63, 3.8) is 0 Å². The molecule has 15 nitrogen and oxygen atoms in total. The molecule has 0 amide bonds. The van der Waals surface area contributed by atoms with Crippen LogP contribution in [-0.4, -0.2) is 65.5 Å². The molecule has 0 saturated heterocycles. The Bertz CT molecular complexity index is 2590. The quantitative estimate of drug-likeness (QED) is 0.0559. The van der Waals surface area contributed by atoms with E-state index in [1.807, 2.05) is 26.0 Å². The van der Waals surface area contributed by atoms with Gasteiger partial charge in [0.1, 0.15) is 46.4 Å². The highest BCUT2D eigenvalue weighted by molar-refractivity contribution is 5.91. The monoisotopic (exact) mass is 792 g/mol. The number of ether oxygens (including phenoxy) is 4. The number of benzene rings is 5. The van der Waals surface area contributed by atoms with Gasteiger partial charge in [-0.1, -0.05) is 24.3 Å². The van der Waals surface area contributed by atoms with Crippen molar-refractivity contribution in [3.8, 4) is 51.7 Å². The Labute approximate surface area is 328 Å². The standard InChI is InChI=1S/C22H18O10.C21H18O5/c23-11-6-14(25)12-8-19(32-22(30)10-4-16(27)20(29)17(28)5-10)21(31-18(12)7-11)9-1-2-13(24)15(26)3-9;1-21(2,26-20(23)13-6-4-3-5-7-13)18-11-15-10-14-8-9-19(22)25-16(14)12-17(15)24-18/h1-7,19,21,23-29H,8H2;3-10,12,18H,11H2,1-2H3. The van der Waals surface area contributed by atoms with Crippen LogP contribution in [-0.2, 0) is 22.3 Å². The number of phenolic OH excluding ortho intramolecular Hbond substituents is 7. The third-order valence-electron chi connectivity index (χ3n) is 9.68. The van der Waals surface area contributed by atoms with Crippen LogP contribution in [0, 0.1) is 0 Å². The van der Waals surface area contributed by atoms with Crippen LogP contribution >= 0.6 is 0 Å². The number of esters is 2. The molecular formula is C43H36O15. The minimum atomic E-state index is -1.06. The topological polar surface area (TPSA) is 243 Å². The SMILES string of the molecule is CC(C)(OC(=O)c1ccccc1)C1Cc2cc3ccc(=O)oc3cc2O1.O=C(OC1Cc2c(O)cc(O)cc2OC1c1ccc(O)c(O)c1)c1cc(O)c(O)c(O)c1. The van der Waals surface area contributed by atoms with Crippen LogP contribution in [0.4, 0.5) is 0 Å². The van der Waals surface area contributed by atoms with E-state index in [0.717, 1.165) is 29.1 Å². The average Bonchev–Trinajstić information content (AvgIpc) is 3.61. The Morgan fingerprint density at radius 2 is 1.40 bits per heavy atom. The second-order valence-corrected chi connectivity index (χ2v) is 14.2. The lowest BCUT2D eigenvalue weighted by molar-refractivity contribution is -0.0517. The van der Waals surface area contributed by atoms with Crippen molar-refractivity contribution in [1.29, 1.82) is 0 Å². The molecule has 3 unspecified atom stereocenters. The molecule has 58 heavy (non-hydrogen) atoms. The fourth-order valence-electron chi connectivity index (χ4n) is 6.61. The fourth-order valence-corrected chi connectivity index (χ4v) is 6.61. The first-order valence-electron chi connectivity index (χ1n) is 17.8. The third-order valence-corrected chi connectivity index (χ3v) is 9.68. The number of carbonyl (C=O) groups is 2. The molecule has 0 aliphatic carbocycles. The Morgan fingerprint density at radius 1 is 0.672 bits per heavy atom. The van der Waals surface area contributed by atoms with Crippen molar-refractivity contribution in [3.05, 3.63) is 135 Å².